The Bertz CT molecular complexity index is 354. The van der Waals surface area contributed by atoms with Crippen molar-refractivity contribution < 1.29 is 9.59 Å². The molecule has 106 valence electrons. The Morgan fingerprint density at radius 1 is 0.842 bits per heavy atom. The molecule has 2 aliphatic heterocycles. The highest BCUT2D eigenvalue weighted by molar-refractivity contribution is 5.83. The average Bonchev–Trinajstić information content (AvgIpc) is 3.31. The zero-order chi connectivity index (χ0) is 13.2. The van der Waals surface area contributed by atoms with Crippen molar-refractivity contribution in [2.45, 2.75) is 38.1 Å². The van der Waals surface area contributed by atoms with Crippen LogP contribution in [0.1, 0.15) is 32.1 Å². The third-order valence-corrected chi connectivity index (χ3v) is 4.44. The van der Waals surface area contributed by atoms with Gasteiger partial charge in [-0.15, -0.1) is 0 Å². The van der Waals surface area contributed by atoms with Crippen molar-refractivity contribution in [3.8, 4) is 0 Å². The largest absolute Gasteiger partial charge is 0.339 e. The fourth-order valence-corrected chi connectivity index (χ4v) is 3.02. The number of piperidine rings is 1. The summed E-state index contributed by atoms with van der Waals surface area (Å²) in [4.78, 5) is 28.2. The number of rotatable bonds is 2. The van der Waals surface area contributed by atoms with Crippen molar-refractivity contribution in [3.63, 3.8) is 0 Å². The van der Waals surface area contributed by atoms with Gasteiger partial charge in [-0.3, -0.25) is 9.59 Å². The lowest BCUT2D eigenvalue weighted by Crippen LogP contribution is -2.56. The molecular formula is C14H23N3O2. The molecule has 0 aromatic rings. The predicted molar refractivity (Wildman–Crippen MR) is 71.5 cm³/mol. The molecule has 2 heterocycles. The molecule has 1 aliphatic carbocycles. The summed E-state index contributed by atoms with van der Waals surface area (Å²) >= 11 is 0. The Morgan fingerprint density at radius 2 is 1.47 bits per heavy atom. The minimum Gasteiger partial charge on any atom is -0.339 e. The molecule has 5 heteroatoms. The first kappa shape index (κ1) is 12.9. The number of piperazine rings is 1. The Kier molecular flexibility index (Phi) is 3.73. The van der Waals surface area contributed by atoms with E-state index in [9.17, 15) is 9.59 Å². The van der Waals surface area contributed by atoms with E-state index in [1.807, 2.05) is 9.80 Å². The first-order valence-corrected chi connectivity index (χ1v) is 7.56. The zero-order valence-electron chi connectivity index (χ0n) is 11.4. The van der Waals surface area contributed by atoms with Crippen LogP contribution >= 0.6 is 0 Å². The number of hydrogen-bond donors (Lipinski definition) is 1. The minimum absolute atomic E-state index is 0.0134. The standard InChI is InChI=1S/C14H23N3O2/c18-13(11-4-5-11)16-7-9-17(10-8-16)14(19)12-3-1-2-6-15-12/h11-12,15H,1-10H2/t12-/m1/s1. The lowest BCUT2D eigenvalue weighted by atomic mass is 10.0. The summed E-state index contributed by atoms with van der Waals surface area (Å²) in [7, 11) is 0. The molecule has 3 fully saturated rings. The maximum absolute atomic E-state index is 12.3. The zero-order valence-corrected chi connectivity index (χ0v) is 11.4. The summed E-state index contributed by atoms with van der Waals surface area (Å²) < 4.78 is 0. The van der Waals surface area contributed by atoms with Gasteiger partial charge in [0.15, 0.2) is 0 Å². The second-order valence-corrected chi connectivity index (χ2v) is 5.93. The van der Waals surface area contributed by atoms with Gasteiger partial charge in [0.1, 0.15) is 0 Å². The maximum Gasteiger partial charge on any atom is 0.239 e. The Hall–Kier alpha value is -1.10. The quantitative estimate of drug-likeness (QED) is 0.776. The second kappa shape index (κ2) is 5.49. The van der Waals surface area contributed by atoms with Crippen LogP contribution in [0, 0.1) is 5.92 Å². The Labute approximate surface area is 114 Å². The van der Waals surface area contributed by atoms with Gasteiger partial charge >= 0.3 is 0 Å². The molecule has 1 N–H and O–H groups in total. The van der Waals surface area contributed by atoms with E-state index in [2.05, 4.69) is 5.32 Å². The van der Waals surface area contributed by atoms with Gasteiger partial charge in [0, 0.05) is 32.1 Å². The maximum atomic E-state index is 12.3. The average molecular weight is 265 g/mol. The van der Waals surface area contributed by atoms with Crippen LogP contribution in [-0.4, -0.2) is 60.4 Å². The molecule has 1 atom stereocenters. The highest BCUT2D eigenvalue weighted by atomic mass is 16.2. The first-order chi connectivity index (χ1) is 9.25. The van der Waals surface area contributed by atoms with E-state index in [4.69, 9.17) is 0 Å². The molecule has 19 heavy (non-hydrogen) atoms. The molecule has 0 bridgehead atoms. The van der Waals surface area contributed by atoms with Crippen LogP contribution in [0.3, 0.4) is 0 Å². The van der Waals surface area contributed by atoms with Crippen LogP contribution < -0.4 is 5.32 Å². The molecule has 3 aliphatic rings. The predicted octanol–water partition coefficient (Wildman–Crippen LogP) is 0.209. The molecule has 3 rings (SSSR count). The second-order valence-electron chi connectivity index (χ2n) is 5.93. The van der Waals surface area contributed by atoms with Gasteiger partial charge in [-0.25, -0.2) is 0 Å². The molecular weight excluding hydrogens is 242 g/mol. The smallest absolute Gasteiger partial charge is 0.239 e. The van der Waals surface area contributed by atoms with E-state index in [0.29, 0.717) is 38.0 Å². The molecule has 2 saturated heterocycles. The third kappa shape index (κ3) is 2.91. The van der Waals surface area contributed by atoms with Crippen LogP contribution in [0.4, 0.5) is 0 Å². The summed E-state index contributed by atoms with van der Waals surface area (Å²) in [5.74, 6) is 0.836. The van der Waals surface area contributed by atoms with E-state index >= 15 is 0 Å². The molecule has 0 radical (unpaired) electrons. The van der Waals surface area contributed by atoms with Crippen LogP contribution in [-0.2, 0) is 9.59 Å². The highest BCUT2D eigenvalue weighted by Crippen LogP contribution is 2.31. The third-order valence-electron chi connectivity index (χ3n) is 4.44. The van der Waals surface area contributed by atoms with Crippen LogP contribution in [0.15, 0.2) is 0 Å². The Balaban J connectivity index is 1.48. The van der Waals surface area contributed by atoms with Gasteiger partial charge < -0.3 is 15.1 Å². The van der Waals surface area contributed by atoms with E-state index < -0.39 is 0 Å². The molecule has 0 aromatic heterocycles. The number of hydrogen-bond acceptors (Lipinski definition) is 3. The Morgan fingerprint density at radius 3 is 2.00 bits per heavy atom. The number of carbonyl (C=O) groups is 2. The SMILES string of the molecule is O=C(C1CC1)N1CCN(C(=O)[C@H]2CCCCN2)CC1. The van der Waals surface area contributed by atoms with Crippen molar-refractivity contribution >= 4 is 11.8 Å². The summed E-state index contributed by atoms with van der Waals surface area (Å²) in [6.07, 6.45) is 5.39. The van der Waals surface area contributed by atoms with E-state index in [0.717, 1.165) is 32.2 Å². The molecule has 1 saturated carbocycles. The fourth-order valence-electron chi connectivity index (χ4n) is 3.02. The van der Waals surface area contributed by atoms with Gasteiger partial charge in [-0.05, 0) is 32.2 Å². The van der Waals surface area contributed by atoms with Gasteiger partial charge in [0.25, 0.3) is 0 Å². The number of amides is 2. The van der Waals surface area contributed by atoms with Crippen molar-refractivity contribution in [1.82, 2.24) is 15.1 Å². The van der Waals surface area contributed by atoms with Gasteiger partial charge in [-0.2, -0.15) is 0 Å². The highest BCUT2D eigenvalue weighted by Gasteiger charge is 2.36. The van der Waals surface area contributed by atoms with Crippen LogP contribution in [0.5, 0.6) is 0 Å². The van der Waals surface area contributed by atoms with Crippen molar-refractivity contribution in [1.29, 1.82) is 0 Å². The van der Waals surface area contributed by atoms with E-state index in [1.165, 1.54) is 6.42 Å². The summed E-state index contributed by atoms with van der Waals surface area (Å²) in [6, 6.07) is 0.0134. The lowest BCUT2D eigenvalue weighted by Gasteiger charge is -2.37. The van der Waals surface area contributed by atoms with Crippen molar-refractivity contribution in [3.05, 3.63) is 0 Å². The monoisotopic (exact) mass is 265 g/mol. The fraction of sp³-hybridized carbons (Fsp3) is 0.857. The molecule has 0 aromatic carbocycles. The number of nitrogens with zero attached hydrogens (tertiary/aromatic N) is 2. The lowest BCUT2D eigenvalue weighted by molar-refractivity contribution is -0.141. The van der Waals surface area contributed by atoms with E-state index in [-0.39, 0.29) is 11.9 Å². The van der Waals surface area contributed by atoms with Gasteiger partial charge in [-0.1, -0.05) is 6.42 Å². The van der Waals surface area contributed by atoms with Gasteiger partial charge in [0.05, 0.1) is 6.04 Å². The molecule has 2 amide bonds. The summed E-state index contributed by atoms with van der Waals surface area (Å²) in [5.41, 5.74) is 0. The van der Waals surface area contributed by atoms with Crippen molar-refractivity contribution in [2.24, 2.45) is 5.92 Å². The van der Waals surface area contributed by atoms with Crippen molar-refractivity contribution in [2.75, 3.05) is 32.7 Å². The summed E-state index contributed by atoms with van der Waals surface area (Å²) in [6.45, 7) is 3.79. The van der Waals surface area contributed by atoms with Gasteiger partial charge in [0.2, 0.25) is 11.8 Å². The molecule has 0 unspecified atom stereocenters. The normalized spacial score (nSPS) is 28.3. The molecule has 5 nitrogen and oxygen atoms in total. The van der Waals surface area contributed by atoms with E-state index in [1.54, 1.807) is 0 Å². The topological polar surface area (TPSA) is 52.7 Å². The summed E-state index contributed by atoms with van der Waals surface area (Å²) in [5, 5.41) is 3.31. The first-order valence-electron chi connectivity index (χ1n) is 7.56. The number of nitrogens with one attached hydrogen (secondary N) is 1. The minimum atomic E-state index is 0.0134. The molecule has 0 spiro atoms. The number of carbonyl (C=O) groups excluding carboxylic acids is 2. The van der Waals surface area contributed by atoms with Crippen LogP contribution in [0.25, 0.3) is 0 Å². The van der Waals surface area contributed by atoms with Crippen LogP contribution in [0.2, 0.25) is 0 Å².